The van der Waals surface area contributed by atoms with Gasteiger partial charge in [0.15, 0.2) is 0 Å². The van der Waals surface area contributed by atoms with Gasteiger partial charge in [-0.3, -0.25) is 10.1 Å². The highest BCUT2D eigenvalue weighted by molar-refractivity contribution is 7.89. The number of rotatable bonds is 4. The predicted octanol–water partition coefficient (Wildman–Crippen LogP) is 1.75. The van der Waals surface area contributed by atoms with Crippen LogP contribution in [-0.4, -0.2) is 36.8 Å². The van der Waals surface area contributed by atoms with E-state index in [9.17, 15) is 18.5 Å². The minimum Gasteiger partial charge on any atom is -0.329 e. The Morgan fingerprint density at radius 3 is 2.76 bits per heavy atom. The molecular weight excluding hydrogens is 318 g/mol. The predicted molar refractivity (Wildman–Crippen MR) is 78.7 cm³/mol. The van der Waals surface area contributed by atoms with Crippen molar-refractivity contribution in [1.29, 1.82) is 0 Å². The third kappa shape index (κ3) is 3.18. The van der Waals surface area contributed by atoms with Gasteiger partial charge in [0, 0.05) is 25.2 Å². The Morgan fingerprint density at radius 2 is 2.14 bits per heavy atom. The average molecular weight is 334 g/mol. The fourth-order valence-corrected chi connectivity index (χ4v) is 4.37. The van der Waals surface area contributed by atoms with Crippen molar-refractivity contribution in [3.8, 4) is 0 Å². The first-order chi connectivity index (χ1) is 9.87. The van der Waals surface area contributed by atoms with Gasteiger partial charge in [-0.2, -0.15) is 4.31 Å². The number of nitrogens with two attached hydrogens (primary N) is 1. The summed E-state index contributed by atoms with van der Waals surface area (Å²) in [4.78, 5) is 10.1. The van der Waals surface area contributed by atoms with Crippen LogP contribution in [0.25, 0.3) is 0 Å². The molecule has 1 heterocycles. The summed E-state index contributed by atoms with van der Waals surface area (Å²) in [5, 5.41) is 10.8. The van der Waals surface area contributed by atoms with Gasteiger partial charge in [-0.05, 0) is 25.0 Å². The molecule has 1 saturated heterocycles. The molecule has 1 unspecified atom stereocenters. The Balaban J connectivity index is 2.43. The summed E-state index contributed by atoms with van der Waals surface area (Å²) in [6.07, 6.45) is 2.38. The molecule has 1 aliphatic heterocycles. The molecule has 0 aromatic heterocycles. The highest BCUT2D eigenvalue weighted by Gasteiger charge is 2.33. The Kier molecular flexibility index (Phi) is 4.82. The molecule has 7 nitrogen and oxygen atoms in total. The fraction of sp³-hybridized carbons (Fsp3) is 0.500. The number of hydrogen-bond donors (Lipinski definition) is 1. The second kappa shape index (κ2) is 6.27. The molecule has 1 aromatic rings. The van der Waals surface area contributed by atoms with E-state index in [1.165, 1.54) is 16.4 Å². The lowest BCUT2D eigenvalue weighted by molar-refractivity contribution is -0.384. The summed E-state index contributed by atoms with van der Waals surface area (Å²) in [7, 11) is -3.81. The lowest BCUT2D eigenvalue weighted by Crippen LogP contribution is -2.47. The molecule has 0 radical (unpaired) electrons. The molecule has 1 aliphatic rings. The third-order valence-electron chi connectivity index (χ3n) is 3.57. The summed E-state index contributed by atoms with van der Waals surface area (Å²) >= 11 is 5.71. The number of nitro benzene ring substituents is 1. The van der Waals surface area contributed by atoms with E-state index >= 15 is 0 Å². The van der Waals surface area contributed by atoms with Crippen LogP contribution in [0.15, 0.2) is 23.1 Å². The Bertz CT molecular complexity index is 650. The van der Waals surface area contributed by atoms with Crippen LogP contribution in [0.3, 0.4) is 0 Å². The van der Waals surface area contributed by atoms with Gasteiger partial charge in [-0.25, -0.2) is 8.42 Å². The molecule has 0 bridgehead atoms. The number of halogens is 1. The van der Waals surface area contributed by atoms with Gasteiger partial charge in [-0.15, -0.1) is 0 Å². The zero-order chi connectivity index (χ0) is 15.6. The lowest BCUT2D eigenvalue weighted by Gasteiger charge is -2.33. The summed E-state index contributed by atoms with van der Waals surface area (Å²) in [6, 6.07) is 3.25. The highest BCUT2D eigenvalue weighted by atomic mass is 35.5. The van der Waals surface area contributed by atoms with Gasteiger partial charge >= 0.3 is 0 Å². The SMILES string of the molecule is NCC1CCCCN1S(=O)(=O)c1ccc(Cl)c([N+](=O)[O-])c1. The number of piperidine rings is 1. The third-order valence-corrected chi connectivity index (χ3v) is 5.83. The Morgan fingerprint density at radius 1 is 1.43 bits per heavy atom. The van der Waals surface area contributed by atoms with Crippen molar-refractivity contribution in [1.82, 2.24) is 4.31 Å². The van der Waals surface area contributed by atoms with Crippen molar-refractivity contribution >= 4 is 27.3 Å². The molecule has 0 aliphatic carbocycles. The van der Waals surface area contributed by atoms with Crippen molar-refractivity contribution in [2.45, 2.75) is 30.2 Å². The fourth-order valence-electron chi connectivity index (χ4n) is 2.45. The topological polar surface area (TPSA) is 107 Å². The van der Waals surface area contributed by atoms with Gasteiger partial charge in [0.2, 0.25) is 10.0 Å². The first-order valence-electron chi connectivity index (χ1n) is 6.53. The second-order valence-electron chi connectivity index (χ2n) is 4.87. The summed E-state index contributed by atoms with van der Waals surface area (Å²) < 4.78 is 26.6. The zero-order valence-electron chi connectivity index (χ0n) is 11.2. The van der Waals surface area contributed by atoms with Crippen molar-refractivity contribution in [3.05, 3.63) is 33.3 Å². The number of benzene rings is 1. The number of hydrogen-bond acceptors (Lipinski definition) is 5. The van der Waals surface area contributed by atoms with Crippen LogP contribution in [0.4, 0.5) is 5.69 Å². The van der Waals surface area contributed by atoms with Crippen molar-refractivity contribution in [2.24, 2.45) is 5.73 Å². The summed E-state index contributed by atoms with van der Waals surface area (Å²) in [5.74, 6) is 0. The van der Waals surface area contributed by atoms with Gasteiger partial charge < -0.3 is 5.73 Å². The maximum atomic E-state index is 12.6. The van der Waals surface area contributed by atoms with Crippen LogP contribution in [0.2, 0.25) is 5.02 Å². The molecule has 1 fully saturated rings. The van der Waals surface area contributed by atoms with E-state index in [0.717, 1.165) is 18.9 Å². The minimum absolute atomic E-state index is 0.0898. The van der Waals surface area contributed by atoms with E-state index in [2.05, 4.69) is 0 Å². The molecule has 21 heavy (non-hydrogen) atoms. The molecule has 2 rings (SSSR count). The minimum atomic E-state index is -3.81. The van der Waals surface area contributed by atoms with Crippen molar-refractivity contribution in [3.63, 3.8) is 0 Å². The van der Waals surface area contributed by atoms with Gasteiger partial charge in [0.05, 0.1) is 9.82 Å². The maximum Gasteiger partial charge on any atom is 0.289 e. The highest BCUT2D eigenvalue weighted by Crippen LogP contribution is 2.30. The molecule has 9 heteroatoms. The molecule has 0 spiro atoms. The smallest absolute Gasteiger partial charge is 0.289 e. The van der Waals surface area contributed by atoms with E-state index in [0.29, 0.717) is 13.0 Å². The monoisotopic (exact) mass is 333 g/mol. The first-order valence-corrected chi connectivity index (χ1v) is 8.35. The molecule has 1 atom stereocenters. The van der Waals surface area contributed by atoms with E-state index < -0.39 is 20.6 Å². The second-order valence-corrected chi connectivity index (χ2v) is 7.17. The lowest BCUT2D eigenvalue weighted by atomic mass is 10.1. The maximum absolute atomic E-state index is 12.6. The van der Waals surface area contributed by atoms with Crippen LogP contribution >= 0.6 is 11.6 Å². The molecule has 116 valence electrons. The normalized spacial score (nSPS) is 20.4. The van der Waals surface area contributed by atoms with Crippen LogP contribution in [0.1, 0.15) is 19.3 Å². The van der Waals surface area contributed by atoms with Gasteiger partial charge in [0.1, 0.15) is 5.02 Å². The zero-order valence-corrected chi connectivity index (χ0v) is 12.8. The van der Waals surface area contributed by atoms with Gasteiger partial charge in [0.25, 0.3) is 5.69 Å². The summed E-state index contributed by atoms with van der Waals surface area (Å²) in [5.41, 5.74) is 5.22. The van der Waals surface area contributed by atoms with E-state index in [1.54, 1.807) is 0 Å². The molecule has 0 saturated carbocycles. The van der Waals surface area contributed by atoms with E-state index in [1.807, 2.05) is 0 Å². The number of sulfonamides is 1. The van der Waals surface area contributed by atoms with Crippen LogP contribution in [0.5, 0.6) is 0 Å². The average Bonchev–Trinajstić information content (AvgIpc) is 2.47. The number of nitrogens with zero attached hydrogens (tertiary/aromatic N) is 2. The molecular formula is C12H16ClN3O4S. The van der Waals surface area contributed by atoms with E-state index in [4.69, 9.17) is 17.3 Å². The molecule has 2 N–H and O–H groups in total. The van der Waals surface area contributed by atoms with Crippen LogP contribution in [-0.2, 0) is 10.0 Å². The van der Waals surface area contributed by atoms with Crippen molar-refractivity contribution in [2.75, 3.05) is 13.1 Å². The summed E-state index contributed by atoms with van der Waals surface area (Å²) in [6.45, 7) is 0.607. The van der Waals surface area contributed by atoms with Gasteiger partial charge in [-0.1, -0.05) is 18.0 Å². The van der Waals surface area contributed by atoms with Crippen molar-refractivity contribution < 1.29 is 13.3 Å². The quantitative estimate of drug-likeness (QED) is 0.667. The molecule has 0 amide bonds. The van der Waals surface area contributed by atoms with Crippen LogP contribution in [0, 0.1) is 10.1 Å². The largest absolute Gasteiger partial charge is 0.329 e. The van der Waals surface area contributed by atoms with Crippen LogP contribution < -0.4 is 5.73 Å². The standard InChI is InChI=1S/C12H16ClN3O4S/c13-11-5-4-10(7-12(11)16(17)18)21(19,20)15-6-2-1-3-9(15)8-14/h4-5,7,9H,1-3,6,8,14H2. The molecule has 1 aromatic carbocycles. The first kappa shape index (κ1) is 16.2. The Hall–Kier alpha value is -1.22. The Labute approximate surface area is 127 Å². The number of nitro groups is 1. The van der Waals surface area contributed by atoms with E-state index in [-0.39, 0.29) is 22.5 Å².